The molecule has 1 aromatic carbocycles. The van der Waals surface area contributed by atoms with Crippen LogP contribution in [-0.2, 0) is 9.59 Å². The second kappa shape index (κ2) is 7.71. The number of aromatic nitrogens is 1. The maximum Gasteiger partial charge on any atom is 0.264 e. The Balaban J connectivity index is 1.78. The van der Waals surface area contributed by atoms with Gasteiger partial charge in [0, 0.05) is 13.1 Å². The van der Waals surface area contributed by atoms with E-state index in [4.69, 9.17) is 4.74 Å². The fourth-order valence-corrected chi connectivity index (χ4v) is 3.87. The van der Waals surface area contributed by atoms with Gasteiger partial charge in [-0.3, -0.25) is 9.59 Å². The summed E-state index contributed by atoms with van der Waals surface area (Å²) in [5.74, 6) is 0.362. The van der Waals surface area contributed by atoms with Crippen LogP contribution >= 0.6 is 23.1 Å². The van der Waals surface area contributed by atoms with E-state index in [9.17, 15) is 9.59 Å². The van der Waals surface area contributed by atoms with E-state index in [-0.39, 0.29) is 11.8 Å². The molecule has 0 saturated carbocycles. The van der Waals surface area contributed by atoms with Gasteiger partial charge in [0.1, 0.15) is 5.75 Å². The highest BCUT2D eigenvalue weighted by atomic mass is 32.2. The van der Waals surface area contributed by atoms with Crippen LogP contribution in [0.5, 0.6) is 5.75 Å². The zero-order valence-electron chi connectivity index (χ0n) is 14.3. The Labute approximate surface area is 158 Å². The molecule has 0 unspecified atom stereocenters. The Morgan fingerprint density at radius 1 is 1.42 bits per heavy atom. The van der Waals surface area contributed by atoms with E-state index in [0.717, 1.165) is 21.9 Å². The summed E-state index contributed by atoms with van der Waals surface area (Å²) in [6.45, 7) is 3.35. The third-order valence-corrected chi connectivity index (χ3v) is 5.13. The van der Waals surface area contributed by atoms with Gasteiger partial charge in [0.15, 0.2) is 10.3 Å². The molecule has 0 spiro atoms. The Morgan fingerprint density at radius 2 is 2.23 bits per heavy atom. The molecule has 0 radical (unpaired) electrons. The van der Waals surface area contributed by atoms with Crippen LogP contribution in [0.4, 0.5) is 10.8 Å². The smallest absolute Gasteiger partial charge is 0.264 e. The number of nitrogens with one attached hydrogen (secondary N) is 2. The lowest BCUT2D eigenvalue weighted by Gasteiger charge is -2.04. The molecule has 2 amide bonds. The third kappa shape index (κ3) is 4.30. The second-order valence-corrected chi connectivity index (χ2v) is 7.48. The molecule has 26 heavy (non-hydrogen) atoms. The number of benzene rings is 1. The van der Waals surface area contributed by atoms with Crippen molar-refractivity contribution >= 4 is 57.0 Å². The lowest BCUT2D eigenvalue weighted by Crippen LogP contribution is -2.19. The van der Waals surface area contributed by atoms with E-state index in [1.807, 2.05) is 25.1 Å². The van der Waals surface area contributed by atoms with Crippen LogP contribution in [0.15, 0.2) is 34.3 Å². The van der Waals surface area contributed by atoms with Gasteiger partial charge in [-0.05, 0) is 48.5 Å². The number of amides is 2. The van der Waals surface area contributed by atoms with Gasteiger partial charge in [0.2, 0.25) is 5.91 Å². The first-order valence-corrected chi connectivity index (χ1v) is 9.25. The quantitative estimate of drug-likeness (QED) is 0.784. The van der Waals surface area contributed by atoms with Crippen molar-refractivity contribution in [2.45, 2.75) is 13.8 Å². The van der Waals surface area contributed by atoms with Crippen molar-refractivity contribution < 1.29 is 14.3 Å². The molecule has 1 aromatic heterocycles. The summed E-state index contributed by atoms with van der Waals surface area (Å²) in [4.78, 5) is 33.1. The summed E-state index contributed by atoms with van der Waals surface area (Å²) in [5.41, 5.74) is 1.71. The number of amidine groups is 1. The molecule has 1 aliphatic heterocycles. The number of thioether (sulfide) groups is 1. The molecule has 7 nitrogen and oxygen atoms in total. The highest BCUT2D eigenvalue weighted by Gasteiger charge is 2.24. The molecule has 2 N–H and O–H groups in total. The number of carbonyl (C=O) groups excluding carboxylic acids is 2. The molecule has 2 aromatic rings. The molecule has 9 heteroatoms. The fourth-order valence-electron chi connectivity index (χ4n) is 2.16. The van der Waals surface area contributed by atoms with Gasteiger partial charge in [0.05, 0.1) is 22.6 Å². The van der Waals surface area contributed by atoms with Crippen molar-refractivity contribution in [2.75, 3.05) is 12.4 Å². The van der Waals surface area contributed by atoms with Crippen LogP contribution in [0.1, 0.15) is 17.4 Å². The number of ether oxygens (including phenoxy) is 1. The van der Waals surface area contributed by atoms with E-state index < -0.39 is 0 Å². The lowest BCUT2D eigenvalue weighted by atomic mass is 10.2. The number of rotatable bonds is 4. The van der Waals surface area contributed by atoms with Crippen molar-refractivity contribution in [1.82, 2.24) is 10.3 Å². The molecule has 3 rings (SSSR count). The van der Waals surface area contributed by atoms with Crippen molar-refractivity contribution in [3.05, 3.63) is 39.7 Å². The van der Waals surface area contributed by atoms with E-state index in [1.165, 1.54) is 30.0 Å². The summed E-state index contributed by atoms with van der Waals surface area (Å²) < 4.78 is 5.18. The van der Waals surface area contributed by atoms with E-state index >= 15 is 0 Å². The Hall–Kier alpha value is -2.65. The lowest BCUT2D eigenvalue weighted by molar-refractivity contribution is -0.115. The van der Waals surface area contributed by atoms with Crippen molar-refractivity contribution in [1.29, 1.82) is 0 Å². The Bertz CT molecular complexity index is 934. The first-order chi connectivity index (χ1) is 12.4. The standard InChI is InChI=1S/C17H16N4O3S2/c1-9-6-11(24-3)4-5-13(9)20-17-21-15(23)14(26-17)7-12-8-18-16(25-12)19-10(2)22/h4-8H,1-3H3,(H,18,19,22)(H,20,21,23). The third-order valence-electron chi connectivity index (χ3n) is 3.36. The number of aliphatic imine (C=N–C) groups is 1. The maximum absolute atomic E-state index is 12.2. The summed E-state index contributed by atoms with van der Waals surface area (Å²) in [6.07, 6.45) is 3.34. The topological polar surface area (TPSA) is 92.7 Å². The summed E-state index contributed by atoms with van der Waals surface area (Å²) in [5, 5.41) is 6.38. The number of methoxy groups -OCH3 is 1. The average molecular weight is 388 g/mol. The molecule has 134 valence electrons. The number of hydrogen-bond acceptors (Lipinski definition) is 7. The highest BCUT2D eigenvalue weighted by Crippen LogP contribution is 2.31. The van der Waals surface area contributed by atoms with Crippen LogP contribution in [0, 0.1) is 6.92 Å². The first kappa shape index (κ1) is 18.2. The molecule has 0 atom stereocenters. The largest absolute Gasteiger partial charge is 0.497 e. The van der Waals surface area contributed by atoms with Crippen molar-refractivity contribution in [3.63, 3.8) is 0 Å². The zero-order chi connectivity index (χ0) is 18.7. The molecule has 0 bridgehead atoms. The van der Waals surface area contributed by atoms with Gasteiger partial charge in [-0.15, -0.1) is 0 Å². The minimum absolute atomic E-state index is 0.184. The first-order valence-electron chi connectivity index (χ1n) is 7.62. The molecule has 1 saturated heterocycles. The van der Waals surface area contributed by atoms with Crippen LogP contribution in [0.25, 0.3) is 6.08 Å². The van der Waals surface area contributed by atoms with E-state index in [0.29, 0.717) is 15.2 Å². The van der Waals surface area contributed by atoms with Crippen molar-refractivity contribution in [3.8, 4) is 5.75 Å². The van der Waals surface area contributed by atoms with Crippen molar-refractivity contribution in [2.24, 2.45) is 4.99 Å². The van der Waals surface area contributed by atoms with E-state index in [1.54, 1.807) is 19.4 Å². The predicted octanol–water partition coefficient (Wildman–Crippen LogP) is 3.31. The maximum atomic E-state index is 12.2. The van der Waals surface area contributed by atoms with E-state index in [2.05, 4.69) is 20.6 Å². The van der Waals surface area contributed by atoms with Crippen LogP contribution in [0.2, 0.25) is 0 Å². The van der Waals surface area contributed by atoms with Gasteiger partial charge >= 0.3 is 0 Å². The average Bonchev–Trinajstić information content (AvgIpc) is 3.16. The van der Waals surface area contributed by atoms with Gasteiger partial charge in [-0.2, -0.15) is 0 Å². The molecule has 2 heterocycles. The monoisotopic (exact) mass is 388 g/mol. The highest BCUT2D eigenvalue weighted by molar-refractivity contribution is 8.18. The molecule has 1 aliphatic rings. The normalized spacial score (nSPS) is 16.8. The summed E-state index contributed by atoms with van der Waals surface area (Å²) in [6, 6.07) is 5.56. The van der Waals surface area contributed by atoms with Crippen LogP contribution in [0.3, 0.4) is 0 Å². The second-order valence-electron chi connectivity index (χ2n) is 5.38. The number of hydrogen-bond donors (Lipinski definition) is 2. The molecule has 1 fully saturated rings. The Morgan fingerprint density at radius 3 is 2.92 bits per heavy atom. The zero-order valence-corrected chi connectivity index (χ0v) is 16.0. The Kier molecular flexibility index (Phi) is 5.38. The van der Waals surface area contributed by atoms with Gasteiger partial charge < -0.3 is 15.4 Å². The van der Waals surface area contributed by atoms with Crippen LogP contribution in [-0.4, -0.2) is 29.1 Å². The van der Waals surface area contributed by atoms with Gasteiger partial charge in [-0.25, -0.2) is 9.98 Å². The number of thiazole rings is 1. The number of anilines is 1. The molecule has 0 aliphatic carbocycles. The molecular formula is C17H16N4O3S2. The number of carbonyl (C=O) groups is 2. The minimum atomic E-state index is -0.214. The SMILES string of the molecule is COc1ccc(N=C2NC(=O)C(=Cc3cnc(NC(C)=O)s3)S2)c(C)c1. The van der Waals surface area contributed by atoms with Gasteiger partial charge in [-0.1, -0.05) is 11.3 Å². The minimum Gasteiger partial charge on any atom is -0.497 e. The van der Waals surface area contributed by atoms with Crippen LogP contribution < -0.4 is 15.4 Å². The summed E-state index contributed by atoms with van der Waals surface area (Å²) in [7, 11) is 1.61. The number of nitrogens with zero attached hydrogens (tertiary/aromatic N) is 2. The van der Waals surface area contributed by atoms with Gasteiger partial charge in [0.25, 0.3) is 5.91 Å². The number of aryl methyl sites for hydroxylation is 1. The predicted molar refractivity (Wildman–Crippen MR) is 105 cm³/mol. The summed E-state index contributed by atoms with van der Waals surface area (Å²) >= 11 is 2.56. The fraction of sp³-hybridized carbons (Fsp3) is 0.176. The molecular weight excluding hydrogens is 372 g/mol.